The van der Waals surface area contributed by atoms with Crippen molar-refractivity contribution in [3.05, 3.63) is 51.7 Å². The Kier molecular flexibility index (Phi) is 5.45. The zero-order chi connectivity index (χ0) is 23.4. The highest BCUT2D eigenvalue weighted by Gasteiger charge is 2.42. The monoisotopic (exact) mass is 452 g/mol. The van der Waals surface area contributed by atoms with Crippen LogP contribution >= 0.6 is 0 Å². The van der Waals surface area contributed by atoms with E-state index in [9.17, 15) is 14.3 Å². The molecule has 3 aromatic rings. The Balaban J connectivity index is 1.55. The fourth-order valence-corrected chi connectivity index (χ4v) is 5.25. The van der Waals surface area contributed by atoms with Crippen LogP contribution in [0.2, 0.25) is 0 Å². The van der Waals surface area contributed by atoms with Gasteiger partial charge >= 0.3 is 0 Å². The maximum Gasteiger partial charge on any atom is 0.223 e. The number of hydrogen-bond donors (Lipinski definition) is 2. The molecule has 0 aliphatic carbocycles. The standard InChI is InChI=1S/C25H29FN4O3/c1-12(2)30-14(4)13(3)23(31)17-7-5-15(9-20(17)30)22-18(26)11-27-25(29-22)28-19-10-16-6-8-21(33-16)24(19)32/h5,7,9,11-12,16,19,21,24,32H,6,8,10H2,1-4H3,(H,27,28,29)/t16-,19?,21+,24+/m1/s1. The normalized spacial score (nSPS) is 24.6. The summed E-state index contributed by atoms with van der Waals surface area (Å²) in [6, 6.07) is 5.17. The van der Waals surface area contributed by atoms with Crippen molar-refractivity contribution < 1.29 is 14.2 Å². The smallest absolute Gasteiger partial charge is 0.223 e. The molecule has 2 saturated heterocycles. The molecule has 33 heavy (non-hydrogen) atoms. The van der Waals surface area contributed by atoms with Crippen molar-refractivity contribution in [1.29, 1.82) is 0 Å². The first kappa shape index (κ1) is 22.0. The van der Waals surface area contributed by atoms with Gasteiger partial charge < -0.3 is 19.7 Å². The Morgan fingerprint density at radius 1 is 1.27 bits per heavy atom. The van der Waals surface area contributed by atoms with Crippen LogP contribution in [0.5, 0.6) is 0 Å². The van der Waals surface area contributed by atoms with Gasteiger partial charge in [0.1, 0.15) is 11.8 Å². The van der Waals surface area contributed by atoms with Crippen molar-refractivity contribution >= 4 is 16.9 Å². The number of anilines is 1. The molecule has 4 atom stereocenters. The van der Waals surface area contributed by atoms with Crippen LogP contribution in [0.15, 0.2) is 29.2 Å². The van der Waals surface area contributed by atoms with E-state index in [1.54, 1.807) is 12.1 Å². The van der Waals surface area contributed by atoms with Crippen LogP contribution < -0.4 is 10.7 Å². The minimum Gasteiger partial charge on any atom is -0.388 e. The molecular formula is C25H29FN4O3. The maximum atomic E-state index is 14.8. The molecule has 2 aliphatic rings. The van der Waals surface area contributed by atoms with E-state index >= 15 is 0 Å². The summed E-state index contributed by atoms with van der Waals surface area (Å²) in [6.45, 7) is 7.89. The molecule has 4 heterocycles. The van der Waals surface area contributed by atoms with E-state index < -0.39 is 11.9 Å². The third kappa shape index (κ3) is 3.71. The molecule has 174 valence electrons. The molecule has 2 bridgehead atoms. The predicted octanol–water partition coefficient (Wildman–Crippen LogP) is 3.89. The quantitative estimate of drug-likeness (QED) is 0.624. The van der Waals surface area contributed by atoms with E-state index in [0.29, 0.717) is 22.9 Å². The highest BCUT2D eigenvalue weighted by Crippen LogP contribution is 2.34. The molecule has 5 rings (SSSR count). The molecule has 2 aromatic heterocycles. The van der Waals surface area contributed by atoms with Crippen LogP contribution in [-0.4, -0.2) is 44.0 Å². The van der Waals surface area contributed by atoms with Gasteiger partial charge in [0.2, 0.25) is 5.95 Å². The third-order valence-electron chi connectivity index (χ3n) is 7.05. The predicted molar refractivity (Wildman–Crippen MR) is 125 cm³/mol. The number of rotatable bonds is 4. The summed E-state index contributed by atoms with van der Waals surface area (Å²) in [6.07, 6.45) is 2.86. The number of nitrogens with one attached hydrogen (secondary N) is 1. The molecule has 2 fully saturated rings. The fourth-order valence-electron chi connectivity index (χ4n) is 5.25. The van der Waals surface area contributed by atoms with E-state index in [4.69, 9.17) is 4.74 Å². The van der Waals surface area contributed by atoms with Crippen LogP contribution in [0, 0.1) is 19.7 Å². The third-order valence-corrected chi connectivity index (χ3v) is 7.05. The number of ether oxygens (including phenoxy) is 1. The minimum absolute atomic E-state index is 0.0143. The largest absolute Gasteiger partial charge is 0.388 e. The average Bonchev–Trinajstić information content (AvgIpc) is 3.20. The summed E-state index contributed by atoms with van der Waals surface area (Å²) in [5, 5.41) is 14.4. The van der Waals surface area contributed by atoms with Gasteiger partial charge in [0.05, 0.1) is 30.0 Å². The van der Waals surface area contributed by atoms with Crippen molar-refractivity contribution in [3.8, 4) is 11.3 Å². The number of aliphatic hydroxyl groups excluding tert-OH is 1. The van der Waals surface area contributed by atoms with E-state index in [0.717, 1.165) is 30.2 Å². The Bertz CT molecular complexity index is 1290. The van der Waals surface area contributed by atoms with Gasteiger partial charge in [-0.3, -0.25) is 4.79 Å². The van der Waals surface area contributed by atoms with Gasteiger partial charge in [-0.2, -0.15) is 0 Å². The molecule has 0 saturated carbocycles. The molecular weight excluding hydrogens is 423 g/mol. The van der Waals surface area contributed by atoms with E-state index in [1.165, 1.54) is 0 Å². The van der Waals surface area contributed by atoms with Gasteiger partial charge in [0, 0.05) is 28.2 Å². The van der Waals surface area contributed by atoms with Crippen LogP contribution in [0.3, 0.4) is 0 Å². The summed E-state index contributed by atoms with van der Waals surface area (Å²) >= 11 is 0. The molecule has 0 amide bonds. The minimum atomic E-state index is -0.659. The van der Waals surface area contributed by atoms with Crippen LogP contribution in [-0.2, 0) is 4.74 Å². The number of aliphatic hydroxyl groups is 1. The number of aromatic nitrogens is 3. The maximum absolute atomic E-state index is 14.8. The highest BCUT2D eigenvalue weighted by molar-refractivity contribution is 5.85. The first-order valence-corrected chi connectivity index (χ1v) is 11.5. The van der Waals surface area contributed by atoms with E-state index in [1.807, 2.05) is 19.9 Å². The number of halogens is 1. The Labute approximate surface area is 191 Å². The van der Waals surface area contributed by atoms with E-state index in [-0.39, 0.29) is 41.4 Å². The lowest BCUT2D eigenvalue weighted by atomic mass is 10.0. The van der Waals surface area contributed by atoms with Gasteiger partial charge in [0.25, 0.3) is 0 Å². The van der Waals surface area contributed by atoms with Gasteiger partial charge in [-0.05, 0) is 59.1 Å². The lowest BCUT2D eigenvalue weighted by Gasteiger charge is -2.33. The van der Waals surface area contributed by atoms with Crippen LogP contribution in [0.25, 0.3) is 22.2 Å². The van der Waals surface area contributed by atoms with Gasteiger partial charge in [-0.1, -0.05) is 6.07 Å². The molecule has 8 heteroatoms. The molecule has 7 nitrogen and oxygen atoms in total. The van der Waals surface area contributed by atoms with Gasteiger partial charge in [-0.25, -0.2) is 14.4 Å². The number of hydrogen-bond acceptors (Lipinski definition) is 6. The van der Waals surface area contributed by atoms with Crippen LogP contribution in [0.4, 0.5) is 10.3 Å². The van der Waals surface area contributed by atoms with Crippen molar-refractivity contribution in [1.82, 2.24) is 14.5 Å². The number of fused-ring (bicyclic) bond motifs is 3. The topological polar surface area (TPSA) is 89.3 Å². The first-order chi connectivity index (χ1) is 15.7. The number of benzene rings is 1. The highest BCUT2D eigenvalue weighted by atomic mass is 19.1. The Morgan fingerprint density at radius 2 is 2.06 bits per heavy atom. The molecule has 1 unspecified atom stereocenters. The van der Waals surface area contributed by atoms with Crippen molar-refractivity contribution in [2.45, 2.75) is 77.4 Å². The molecule has 2 aliphatic heterocycles. The lowest BCUT2D eigenvalue weighted by Crippen LogP contribution is -2.47. The summed E-state index contributed by atoms with van der Waals surface area (Å²) in [5.74, 6) is -0.284. The van der Waals surface area contributed by atoms with Crippen molar-refractivity contribution in [3.63, 3.8) is 0 Å². The summed E-state index contributed by atoms with van der Waals surface area (Å²) in [7, 11) is 0. The van der Waals surface area contributed by atoms with Crippen molar-refractivity contribution in [2.24, 2.45) is 0 Å². The summed E-state index contributed by atoms with van der Waals surface area (Å²) in [5.41, 5.74) is 3.06. The SMILES string of the molecule is Cc1c(C)n(C(C)C)c2cc(-c3nc(NC4C[C@H]5CC[C@H](O5)[C@H]4O)ncc3F)ccc2c1=O. The fraction of sp³-hybridized carbons (Fsp3) is 0.480. The second-order valence-electron chi connectivity index (χ2n) is 9.48. The molecule has 1 aromatic carbocycles. The zero-order valence-corrected chi connectivity index (χ0v) is 19.3. The van der Waals surface area contributed by atoms with Gasteiger partial charge in [-0.15, -0.1) is 0 Å². The molecule has 2 N–H and O–H groups in total. The Hall–Kier alpha value is -2.84. The lowest BCUT2D eigenvalue weighted by molar-refractivity contribution is -0.0811. The van der Waals surface area contributed by atoms with Crippen LogP contribution in [0.1, 0.15) is 50.4 Å². The molecule has 0 radical (unpaired) electrons. The Morgan fingerprint density at radius 3 is 2.82 bits per heavy atom. The van der Waals surface area contributed by atoms with E-state index in [2.05, 4.69) is 33.7 Å². The number of nitrogens with zero attached hydrogens (tertiary/aromatic N) is 3. The second kappa shape index (κ2) is 8.18. The second-order valence-corrected chi connectivity index (χ2v) is 9.48. The first-order valence-electron chi connectivity index (χ1n) is 11.5. The van der Waals surface area contributed by atoms with Crippen molar-refractivity contribution in [2.75, 3.05) is 5.32 Å². The van der Waals surface area contributed by atoms with Gasteiger partial charge in [0.15, 0.2) is 11.2 Å². The summed E-state index contributed by atoms with van der Waals surface area (Å²) < 4.78 is 22.7. The molecule has 0 spiro atoms. The number of pyridine rings is 1. The average molecular weight is 453 g/mol. The summed E-state index contributed by atoms with van der Waals surface area (Å²) in [4.78, 5) is 21.4. The zero-order valence-electron chi connectivity index (χ0n) is 19.3.